The Hall–Kier alpha value is -7.56. The van der Waals surface area contributed by atoms with Gasteiger partial charge in [-0.25, -0.2) is 43.3 Å². The van der Waals surface area contributed by atoms with E-state index >= 15 is 8.78 Å². The standard InChI is InChI=1S/C60H71F8N13O9/c1-57(2,59(63,64)65)49(75-56(87)88-5)51(83)73-47(16-34-9-6-33(7-10-34)8-11-35-19-69-53(70-20-35)77-23-38-12-13-39(24-77)80(38)42-29-89-30-42)48(82)28-79(76-52(84)50(74-55(85)86)58(3,4)60(66,67)68)27-44-45(61)17-36(18-46(44)62)37-21-71-54(72-22-37)78-25-40-14-15-41(26-78)81(40)43-31-90-32-43/h6-7,9-10,17-22,38-43,47-50,74,82H,12-16,23-32H2,1-5H3,(H,73,83)(H,75,87)(H,76,84)(H,85,86)/t38?,39?,40?,41?,47-,48-,49+,50+/m0/s1. The molecule has 6 N–H and O–H groups in total. The molecule has 4 amide bonds. The SMILES string of the molecule is COC(=O)N[C@H](C(=O)N[C@@H](Cc1ccc(C#Cc2cnc(N3CC4CCC(C3)N4C3COC3)nc2)cc1)[C@@H](O)CN(Cc1c(F)cc(-c2cnc(N3CC4CCC(C3)N4C3COC3)nc2)cc1F)NC(=O)[C@@H](NC(=O)O)C(C)(C)C(F)(F)F)C(C)(C)C(F)(F)F. The molecule has 4 bridgehead atoms. The molecule has 6 aliphatic heterocycles. The third-order valence-electron chi connectivity index (χ3n) is 18.2. The summed E-state index contributed by atoms with van der Waals surface area (Å²) in [6.45, 7) is 5.83. The van der Waals surface area contributed by atoms with Crippen LogP contribution in [0.1, 0.15) is 75.6 Å². The molecule has 2 aromatic carbocycles. The van der Waals surface area contributed by atoms with E-state index in [0.717, 1.165) is 71.2 Å². The summed E-state index contributed by atoms with van der Waals surface area (Å²) in [5.74, 6) is 1.20. The summed E-state index contributed by atoms with van der Waals surface area (Å²) >= 11 is 0. The average Bonchev–Trinajstić information content (AvgIpc) is 1.30. The Morgan fingerprint density at radius 1 is 0.656 bits per heavy atom. The van der Waals surface area contributed by atoms with E-state index in [1.807, 2.05) is 10.2 Å². The van der Waals surface area contributed by atoms with Crippen molar-refractivity contribution in [3.63, 3.8) is 0 Å². The number of aliphatic hydroxyl groups excluding tert-OH is 1. The summed E-state index contributed by atoms with van der Waals surface area (Å²) in [6, 6.07) is 3.18. The van der Waals surface area contributed by atoms with Gasteiger partial charge in [0.1, 0.15) is 23.7 Å². The number of rotatable bonds is 20. The van der Waals surface area contributed by atoms with Gasteiger partial charge in [0.2, 0.25) is 17.8 Å². The number of aromatic nitrogens is 4. The van der Waals surface area contributed by atoms with E-state index < -0.39 is 108 Å². The molecule has 486 valence electrons. The number of hydrogen-bond acceptors (Lipinski definition) is 17. The molecule has 6 fully saturated rings. The predicted molar refractivity (Wildman–Crippen MR) is 307 cm³/mol. The first kappa shape index (κ1) is 65.4. The molecule has 6 aliphatic rings. The lowest BCUT2D eigenvalue weighted by Gasteiger charge is -2.47. The number of piperazine rings is 2. The first-order valence-corrected chi connectivity index (χ1v) is 29.5. The third kappa shape index (κ3) is 14.1. The Balaban J connectivity index is 0.905. The minimum Gasteiger partial charge on any atom is -0.465 e. The van der Waals surface area contributed by atoms with Crippen LogP contribution in [0.4, 0.5) is 56.6 Å². The normalized spacial score (nSPS) is 22.1. The number of carbonyl (C=O) groups is 4. The van der Waals surface area contributed by atoms with Gasteiger partial charge in [-0.2, -0.15) is 26.3 Å². The highest BCUT2D eigenvalue weighted by molar-refractivity contribution is 5.87. The van der Waals surface area contributed by atoms with Gasteiger partial charge in [-0.15, -0.1) is 0 Å². The number of alkyl halides is 6. The van der Waals surface area contributed by atoms with Crippen molar-refractivity contribution in [1.29, 1.82) is 0 Å². The van der Waals surface area contributed by atoms with Gasteiger partial charge in [0.05, 0.1) is 74.2 Å². The Morgan fingerprint density at radius 2 is 1.11 bits per heavy atom. The van der Waals surface area contributed by atoms with Crippen LogP contribution in [0.3, 0.4) is 0 Å². The van der Waals surface area contributed by atoms with Gasteiger partial charge in [0.25, 0.3) is 5.91 Å². The third-order valence-corrected chi connectivity index (χ3v) is 18.2. The summed E-state index contributed by atoms with van der Waals surface area (Å²) in [5.41, 5.74) is -3.59. The molecule has 2 aromatic heterocycles. The molecule has 22 nitrogen and oxygen atoms in total. The highest BCUT2D eigenvalue weighted by Crippen LogP contribution is 2.43. The Bertz CT molecular complexity index is 3260. The molecule has 4 unspecified atom stereocenters. The predicted octanol–water partition coefficient (Wildman–Crippen LogP) is 5.17. The highest BCUT2D eigenvalue weighted by atomic mass is 19.4. The molecule has 8 heterocycles. The van der Waals surface area contributed by atoms with Gasteiger partial charge in [-0.1, -0.05) is 24.0 Å². The van der Waals surface area contributed by atoms with Crippen molar-refractivity contribution in [3.8, 4) is 23.0 Å². The van der Waals surface area contributed by atoms with E-state index in [1.165, 1.54) is 24.5 Å². The number of methoxy groups -OCH3 is 1. The number of alkyl carbamates (subject to hydrolysis) is 1. The Kier molecular flexibility index (Phi) is 19.1. The molecule has 0 radical (unpaired) electrons. The molecule has 10 rings (SSSR count). The van der Waals surface area contributed by atoms with Gasteiger partial charge in [-0.05, 0) is 95.2 Å². The van der Waals surface area contributed by atoms with Gasteiger partial charge in [0, 0.05) is 105 Å². The van der Waals surface area contributed by atoms with Gasteiger partial charge >= 0.3 is 24.5 Å². The average molecular weight is 1270 g/mol. The van der Waals surface area contributed by atoms with E-state index in [1.54, 1.807) is 29.8 Å². The Labute approximate surface area is 513 Å². The molecular weight excluding hydrogens is 1200 g/mol. The number of nitrogens with one attached hydrogen (secondary N) is 4. The van der Waals surface area contributed by atoms with Crippen LogP contribution in [0.5, 0.6) is 0 Å². The lowest BCUT2D eigenvalue weighted by molar-refractivity contribution is -0.221. The van der Waals surface area contributed by atoms with Crippen molar-refractivity contribution in [2.24, 2.45) is 10.8 Å². The molecule has 6 saturated heterocycles. The summed E-state index contributed by atoms with van der Waals surface area (Å²) in [6.07, 6.45) is -6.38. The number of aliphatic hydroxyl groups is 1. The number of nitrogens with zero attached hydrogens (tertiary/aromatic N) is 9. The fourth-order valence-corrected chi connectivity index (χ4v) is 12.6. The minimum atomic E-state index is -5.26. The number of ether oxygens (including phenoxy) is 3. The van der Waals surface area contributed by atoms with E-state index in [4.69, 9.17) is 9.47 Å². The molecule has 0 aliphatic carbocycles. The fraction of sp³-hybridized carbons (Fsp3) is 0.567. The quantitative estimate of drug-likeness (QED) is 0.0379. The largest absolute Gasteiger partial charge is 0.465 e. The second-order valence-corrected chi connectivity index (χ2v) is 24.9. The zero-order valence-corrected chi connectivity index (χ0v) is 50.0. The fourth-order valence-electron chi connectivity index (χ4n) is 12.6. The smallest absolute Gasteiger partial charge is 0.407 e. The van der Waals surface area contributed by atoms with Crippen LogP contribution in [-0.4, -0.2) is 208 Å². The zero-order chi connectivity index (χ0) is 64.6. The van der Waals surface area contributed by atoms with E-state index in [2.05, 4.69) is 62.0 Å². The number of fused-ring (bicyclic) bond motifs is 4. The number of carboxylic acid groups (broad SMARTS) is 1. The summed E-state index contributed by atoms with van der Waals surface area (Å²) in [4.78, 5) is 80.2. The first-order chi connectivity index (χ1) is 42.6. The number of hydrogen-bond donors (Lipinski definition) is 6. The van der Waals surface area contributed by atoms with E-state index in [-0.39, 0.29) is 28.8 Å². The van der Waals surface area contributed by atoms with Crippen LogP contribution < -0.4 is 31.2 Å². The molecule has 30 heteroatoms. The maximum atomic E-state index is 16.5. The molecular formula is C60H71F8N13O9. The van der Waals surface area contributed by atoms with Crippen LogP contribution in [0.2, 0.25) is 0 Å². The number of anilines is 2. The number of amides is 4. The van der Waals surface area contributed by atoms with Gasteiger partial charge < -0.3 is 50.2 Å². The van der Waals surface area contributed by atoms with Crippen molar-refractivity contribution >= 4 is 35.9 Å². The number of benzene rings is 2. The van der Waals surface area contributed by atoms with Crippen LogP contribution in [0.15, 0.2) is 61.2 Å². The highest BCUT2D eigenvalue weighted by Gasteiger charge is 2.58. The number of halogens is 8. The van der Waals surface area contributed by atoms with E-state index in [9.17, 15) is 55.7 Å². The van der Waals surface area contributed by atoms with Crippen LogP contribution in [0, 0.1) is 34.3 Å². The van der Waals surface area contributed by atoms with Gasteiger partial charge in [-0.3, -0.25) is 24.8 Å². The zero-order valence-electron chi connectivity index (χ0n) is 50.0. The van der Waals surface area contributed by atoms with Crippen LogP contribution >= 0.6 is 0 Å². The number of hydrazine groups is 1. The summed E-state index contributed by atoms with van der Waals surface area (Å²) < 4.78 is 136. The van der Waals surface area contributed by atoms with Crippen molar-refractivity contribution in [2.45, 2.75) is 139 Å². The van der Waals surface area contributed by atoms with Crippen molar-refractivity contribution in [3.05, 3.63) is 95.1 Å². The molecule has 4 aromatic rings. The summed E-state index contributed by atoms with van der Waals surface area (Å²) in [5, 5.41) is 28.2. The van der Waals surface area contributed by atoms with Crippen molar-refractivity contribution in [1.82, 2.24) is 56.1 Å². The molecule has 90 heavy (non-hydrogen) atoms. The van der Waals surface area contributed by atoms with Crippen LogP contribution in [-0.2, 0) is 36.8 Å². The Morgan fingerprint density at radius 3 is 1.54 bits per heavy atom. The van der Waals surface area contributed by atoms with Gasteiger partial charge in [0.15, 0.2) is 0 Å². The summed E-state index contributed by atoms with van der Waals surface area (Å²) in [7, 11) is 0.839. The van der Waals surface area contributed by atoms with Crippen molar-refractivity contribution in [2.75, 3.05) is 76.1 Å². The molecule has 8 atom stereocenters. The monoisotopic (exact) mass is 1270 g/mol. The topological polar surface area (TPSA) is 252 Å². The molecule has 0 spiro atoms. The van der Waals surface area contributed by atoms with Crippen LogP contribution in [0.25, 0.3) is 11.1 Å². The second kappa shape index (κ2) is 26.3. The minimum absolute atomic E-state index is 0.0465. The number of carbonyl (C=O) groups excluding carboxylic acids is 3. The first-order valence-electron chi connectivity index (χ1n) is 29.5. The van der Waals surface area contributed by atoms with E-state index in [0.29, 0.717) is 106 Å². The molecule has 0 saturated carbocycles. The lowest BCUT2D eigenvalue weighted by atomic mass is 9.82. The lowest BCUT2D eigenvalue weighted by Crippen LogP contribution is -2.63. The second-order valence-electron chi connectivity index (χ2n) is 24.9. The maximum absolute atomic E-state index is 16.5. The maximum Gasteiger partial charge on any atom is 0.407 e. The van der Waals surface area contributed by atoms with Crippen molar-refractivity contribution < 1.29 is 78.7 Å².